The van der Waals surface area contributed by atoms with Crippen molar-refractivity contribution in [1.82, 2.24) is 9.97 Å². The van der Waals surface area contributed by atoms with Gasteiger partial charge in [0.25, 0.3) is 0 Å². The number of aryl methyl sites for hydroxylation is 2. The number of rotatable bonds is 1. The van der Waals surface area contributed by atoms with Crippen molar-refractivity contribution in [2.75, 3.05) is 0 Å². The normalized spacial score (nSPS) is 12.0. The number of benzene rings is 3. The largest absolute Gasteiger partial charge is 0.233 e. The van der Waals surface area contributed by atoms with Crippen LogP contribution in [0.4, 0.5) is 0 Å². The lowest BCUT2D eigenvalue weighted by molar-refractivity contribution is 0.590. The van der Waals surface area contributed by atoms with Gasteiger partial charge >= 0.3 is 0 Å². The Morgan fingerprint density at radius 1 is 0.769 bits per heavy atom. The fourth-order valence-electron chi connectivity index (χ4n) is 3.60. The van der Waals surface area contributed by atoms with E-state index in [0.29, 0.717) is 0 Å². The van der Waals surface area contributed by atoms with E-state index < -0.39 is 0 Å². The highest BCUT2D eigenvalue weighted by atomic mass is 14.9. The topological polar surface area (TPSA) is 25.8 Å². The molecule has 0 spiro atoms. The highest BCUT2D eigenvalue weighted by molar-refractivity contribution is 6.10. The molecule has 0 amide bonds. The molecule has 0 N–H and O–H groups in total. The maximum atomic E-state index is 4.80. The smallest absolute Gasteiger partial charge is 0.126 e. The molecule has 0 atom stereocenters. The second kappa shape index (κ2) is 5.91. The van der Waals surface area contributed by atoms with Crippen molar-refractivity contribution >= 4 is 21.7 Å². The molecule has 130 valence electrons. The van der Waals surface area contributed by atoms with Gasteiger partial charge in [0.2, 0.25) is 0 Å². The van der Waals surface area contributed by atoms with Gasteiger partial charge in [0, 0.05) is 16.3 Å². The predicted octanol–water partition coefficient (Wildman–Crippen LogP) is 6.36. The van der Waals surface area contributed by atoms with Crippen molar-refractivity contribution in [3.8, 4) is 11.3 Å². The van der Waals surface area contributed by atoms with Gasteiger partial charge in [-0.2, -0.15) is 0 Å². The molecule has 0 aliphatic carbocycles. The second-order valence-electron chi connectivity index (χ2n) is 8.08. The Morgan fingerprint density at radius 3 is 2.19 bits per heavy atom. The molecular weight excluding hydrogens is 316 g/mol. The van der Waals surface area contributed by atoms with Crippen LogP contribution in [0.25, 0.3) is 32.9 Å². The zero-order valence-corrected chi connectivity index (χ0v) is 16.1. The maximum absolute atomic E-state index is 4.80. The van der Waals surface area contributed by atoms with Gasteiger partial charge in [-0.3, -0.25) is 0 Å². The first-order chi connectivity index (χ1) is 12.3. The van der Waals surface area contributed by atoms with Crippen molar-refractivity contribution < 1.29 is 0 Å². The van der Waals surface area contributed by atoms with Crippen molar-refractivity contribution in [2.24, 2.45) is 0 Å². The van der Waals surface area contributed by atoms with Gasteiger partial charge in [0.1, 0.15) is 5.82 Å². The molecule has 1 aromatic heterocycles. The Balaban J connectivity index is 2.00. The summed E-state index contributed by atoms with van der Waals surface area (Å²) < 4.78 is 0. The first-order valence-electron chi connectivity index (χ1n) is 9.12. The fourth-order valence-corrected chi connectivity index (χ4v) is 3.60. The van der Waals surface area contributed by atoms with Crippen LogP contribution in [-0.2, 0) is 5.41 Å². The molecule has 2 heteroatoms. The Hall–Kier alpha value is -2.74. The monoisotopic (exact) mass is 340 g/mol. The lowest BCUT2D eigenvalue weighted by Crippen LogP contribution is -2.10. The Labute approximate surface area is 154 Å². The van der Waals surface area contributed by atoms with Crippen LogP contribution in [0.5, 0.6) is 0 Å². The zero-order chi connectivity index (χ0) is 18.5. The summed E-state index contributed by atoms with van der Waals surface area (Å²) in [7, 11) is 0. The molecule has 0 aliphatic rings. The van der Waals surface area contributed by atoms with Crippen LogP contribution >= 0.6 is 0 Å². The zero-order valence-electron chi connectivity index (χ0n) is 16.1. The molecule has 0 unspecified atom stereocenters. The van der Waals surface area contributed by atoms with Crippen molar-refractivity contribution in [3.05, 3.63) is 71.5 Å². The van der Waals surface area contributed by atoms with Crippen LogP contribution in [0.2, 0.25) is 0 Å². The second-order valence-corrected chi connectivity index (χ2v) is 8.08. The first-order valence-corrected chi connectivity index (χ1v) is 9.12. The van der Waals surface area contributed by atoms with E-state index in [0.717, 1.165) is 28.0 Å². The number of fused-ring (bicyclic) bond motifs is 3. The molecule has 4 rings (SSSR count). The molecule has 0 radical (unpaired) electrons. The van der Waals surface area contributed by atoms with E-state index in [-0.39, 0.29) is 5.41 Å². The summed E-state index contributed by atoms with van der Waals surface area (Å²) in [4.78, 5) is 9.59. The Morgan fingerprint density at radius 2 is 1.50 bits per heavy atom. The van der Waals surface area contributed by atoms with E-state index >= 15 is 0 Å². The quantitative estimate of drug-likeness (QED) is 0.377. The molecular formula is C24H24N2. The minimum Gasteiger partial charge on any atom is -0.233 e. The van der Waals surface area contributed by atoms with Crippen LogP contribution in [0.3, 0.4) is 0 Å². The standard InChI is InChI=1S/C24H24N2/c1-15-7-6-8-17-11-14-20-22(25-16(2)26-23(20)21(15)17)18-9-12-19(13-10-18)24(3,4)5/h6-14H,1-5H3. The lowest BCUT2D eigenvalue weighted by atomic mass is 9.86. The SMILES string of the molecule is Cc1nc(-c2ccc(C(C)(C)C)cc2)c2ccc3cccc(C)c3c2n1. The van der Waals surface area contributed by atoms with Gasteiger partial charge in [-0.05, 0) is 41.8 Å². The van der Waals surface area contributed by atoms with Crippen LogP contribution in [0.15, 0.2) is 54.6 Å². The van der Waals surface area contributed by atoms with Crippen molar-refractivity contribution in [1.29, 1.82) is 0 Å². The number of hydrogen-bond acceptors (Lipinski definition) is 2. The third-order valence-electron chi connectivity index (χ3n) is 5.05. The van der Waals surface area contributed by atoms with E-state index in [4.69, 9.17) is 9.97 Å². The van der Waals surface area contributed by atoms with Crippen LogP contribution < -0.4 is 0 Å². The van der Waals surface area contributed by atoms with Crippen LogP contribution in [0, 0.1) is 13.8 Å². The van der Waals surface area contributed by atoms with E-state index in [1.54, 1.807) is 0 Å². The minimum atomic E-state index is 0.148. The van der Waals surface area contributed by atoms with Gasteiger partial charge in [-0.1, -0.05) is 69.3 Å². The molecule has 0 bridgehead atoms. The first kappa shape index (κ1) is 16.7. The van der Waals surface area contributed by atoms with E-state index in [9.17, 15) is 0 Å². The van der Waals surface area contributed by atoms with E-state index in [2.05, 4.69) is 82.3 Å². The maximum Gasteiger partial charge on any atom is 0.126 e. The Bertz CT molecular complexity index is 1120. The van der Waals surface area contributed by atoms with E-state index in [1.807, 2.05) is 6.92 Å². The highest BCUT2D eigenvalue weighted by Gasteiger charge is 2.15. The summed E-state index contributed by atoms with van der Waals surface area (Å²) >= 11 is 0. The number of aromatic nitrogens is 2. The molecule has 0 saturated heterocycles. The summed E-state index contributed by atoms with van der Waals surface area (Å²) in [5.74, 6) is 0.808. The van der Waals surface area contributed by atoms with E-state index in [1.165, 1.54) is 21.9 Å². The van der Waals surface area contributed by atoms with Gasteiger partial charge in [0.05, 0.1) is 11.2 Å². The molecule has 4 aromatic rings. The van der Waals surface area contributed by atoms with Crippen molar-refractivity contribution in [2.45, 2.75) is 40.0 Å². The number of hydrogen-bond donors (Lipinski definition) is 0. The molecule has 0 aliphatic heterocycles. The lowest BCUT2D eigenvalue weighted by Gasteiger charge is -2.19. The van der Waals surface area contributed by atoms with Gasteiger partial charge in [-0.15, -0.1) is 0 Å². The third kappa shape index (κ3) is 2.76. The molecule has 0 saturated carbocycles. The Kier molecular flexibility index (Phi) is 3.80. The average molecular weight is 340 g/mol. The van der Waals surface area contributed by atoms with Gasteiger partial charge in [0.15, 0.2) is 0 Å². The average Bonchev–Trinajstić information content (AvgIpc) is 2.60. The summed E-state index contributed by atoms with van der Waals surface area (Å²) in [5, 5.41) is 3.56. The van der Waals surface area contributed by atoms with Crippen LogP contribution in [-0.4, -0.2) is 9.97 Å². The third-order valence-corrected chi connectivity index (χ3v) is 5.05. The molecule has 0 fully saturated rings. The van der Waals surface area contributed by atoms with Gasteiger partial charge < -0.3 is 0 Å². The summed E-state index contributed by atoms with van der Waals surface area (Å²) in [5.41, 5.74) is 5.93. The minimum absolute atomic E-state index is 0.148. The summed E-state index contributed by atoms with van der Waals surface area (Å²) in [6.45, 7) is 10.8. The molecule has 26 heavy (non-hydrogen) atoms. The molecule has 1 heterocycles. The fraction of sp³-hybridized carbons (Fsp3) is 0.250. The molecule has 3 aromatic carbocycles. The number of nitrogens with zero attached hydrogens (tertiary/aromatic N) is 2. The van der Waals surface area contributed by atoms with Crippen LogP contribution in [0.1, 0.15) is 37.7 Å². The van der Waals surface area contributed by atoms with Gasteiger partial charge in [-0.25, -0.2) is 9.97 Å². The summed E-state index contributed by atoms with van der Waals surface area (Å²) in [6, 6.07) is 19.5. The molecule has 2 nitrogen and oxygen atoms in total. The summed E-state index contributed by atoms with van der Waals surface area (Å²) in [6.07, 6.45) is 0. The predicted molar refractivity (Wildman–Crippen MR) is 111 cm³/mol. The highest BCUT2D eigenvalue weighted by Crippen LogP contribution is 2.33. The van der Waals surface area contributed by atoms with Crippen molar-refractivity contribution in [3.63, 3.8) is 0 Å².